The Hall–Kier alpha value is -2.80. The summed E-state index contributed by atoms with van der Waals surface area (Å²) in [5.41, 5.74) is 2.61. The van der Waals surface area contributed by atoms with Crippen molar-refractivity contribution in [3.05, 3.63) is 64.3 Å². The molecule has 26 heavy (non-hydrogen) atoms. The zero-order valence-electron chi connectivity index (χ0n) is 13.9. The van der Waals surface area contributed by atoms with Gasteiger partial charge in [0, 0.05) is 22.4 Å². The second kappa shape index (κ2) is 6.49. The van der Waals surface area contributed by atoms with E-state index in [-0.39, 0.29) is 17.6 Å². The highest BCUT2D eigenvalue weighted by molar-refractivity contribution is 9.10. The van der Waals surface area contributed by atoms with Gasteiger partial charge in [0.05, 0.1) is 19.0 Å². The van der Waals surface area contributed by atoms with Crippen LogP contribution in [0, 0.1) is 0 Å². The van der Waals surface area contributed by atoms with Crippen LogP contribution in [-0.4, -0.2) is 27.9 Å². The Bertz CT molecular complexity index is 982. The minimum Gasteiger partial charge on any atom is -0.504 e. The average molecular weight is 414 g/mol. The number of benzene rings is 2. The Morgan fingerprint density at radius 3 is 2.73 bits per heavy atom. The van der Waals surface area contributed by atoms with Crippen molar-refractivity contribution < 1.29 is 14.6 Å². The Labute approximate surface area is 158 Å². The zero-order chi connectivity index (χ0) is 18.3. The summed E-state index contributed by atoms with van der Waals surface area (Å²) in [4.78, 5) is 12.3. The lowest BCUT2D eigenvalue weighted by molar-refractivity contribution is -0.116. The molecule has 1 aromatic heterocycles. The summed E-state index contributed by atoms with van der Waals surface area (Å²) in [6.45, 7) is 0. The van der Waals surface area contributed by atoms with Gasteiger partial charge in [-0.15, -0.1) is 0 Å². The van der Waals surface area contributed by atoms with Crippen molar-refractivity contribution in [1.29, 1.82) is 0 Å². The molecule has 132 valence electrons. The number of anilines is 1. The van der Waals surface area contributed by atoms with Gasteiger partial charge < -0.3 is 15.2 Å². The Morgan fingerprint density at radius 1 is 1.27 bits per heavy atom. The van der Waals surface area contributed by atoms with E-state index in [1.54, 1.807) is 23.0 Å². The summed E-state index contributed by atoms with van der Waals surface area (Å²) in [5.74, 6) is 0.845. The van der Waals surface area contributed by atoms with Gasteiger partial charge in [-0.05, 0) is 42.0 Å². The maximum Gasteiger partial charge on any atom is 0.226 e. The standard InChI is InChI=1S/C19H16BrN3O3/c1-26-17-7-2-11(8-16(17)24)14-9-18(25)22-19-15(14)10-21-23(19)13-5-3-12(20)4-6-13/h2-8,10,14,24H,9H2,1H3,(H,22,25). The lowest BCUT2D eigenvalue weighted by Gasteiger charge is -2.24. The predicted molar refractivity (Wildman–Crippen MR) is 101 cm³/mol. The summed E-state index contributed by atoms with van der Waals surface area (Å²) in [7, 11) is 1.50. The number of ether oxygens (including phenoxy) is 1. The lowest BCUT2D eigenvalue weighted by atomic mass is 9.87. The van der Waals surface area contributed by atoms with Gasteiger partial charge in [-0.3, -0.25) is 4.79 Å². The number of carbonyl (C=O) groups is 1. The molecule has 0 saturated carbocycles. The third-order valence-electron chi connectivity index (χ3n) is 4.50. The van der Waals surface area contributed by atoms with E-state index in [1.165, 1.54) is 7.11 Å². The highest BCUT2D eigenvalue weighted by Crippen LogP contribution is 2.40. The highest BCUT2D eigenvalue weighted by atomic mass is 79.9. The molecule has 6 nitrogen and oxygen atoms in total. The Kier molecular flexibility index (Phi) is 4.16. The van der Waals surface area contributed by atoms with Crippen LogP contribution >= 0.6 is 15.9 Å². The number of hydrogen-bond acceptors (Lipinski definition) is 4. The van der Waals surface area contributed by atoms with Crippen molar-refractivity contribution >= 4 is 27.7 Å². The molecule has 1 amide bonds. The normalized spacial score (nSPS) is 16.1. The number of hydrogen-bond donors (Lipinski definition) is 2. The molecule has 2 heterocycles. The quantitative estimate of drug-likeness (QED) is 0.683. The van der Waals surface area contributed by atoms with Gasteiger partial charge in [0.2, 0.25) is 5.91 Å². The van der Waals surface area contributed by atoms with Gasteiger partial charge in [-0.2, -0.15) is 5.10 Å². The number of nitrogens with one attached hydrogen (secondary N) is 1. The number of rotatable bonds is 3. The largest absolute Gasteiger partial charge is 0.504 e. The van der Waals surface area contributed by atoms with E-state index in [9.17, 15) is 9.90 Å². The first-order chi connectivity index (χ1) is 12.6. The average Bonchev–Trinajstić information content (AvgIpc) is 3.05. The van der Waals surface area contributed by atoms with E-state index in [1.807, 2.05) is 30.3 Å². The molecule has 0 aliphatic carbocycles. The summed E-state index contributed by atoms with van der Waals surface area (Å²) in [5, 5.41) is 17.5. The molecule has 1 atom stereocenters. The van der Waals surface area contributed by atoms with Crippen molar-refractivity contribution in [2.45, 2.75) is 12.3 Å². The number of phenolic OH excluding ortho intramolecular Hbond substituents is 1. The first kappa shape index (κ1) is 16.7. The minimum atomic E-state index is -0.181. The molecule has 2 aromatic carbocycles. The molecule has 1 aliphatic rings. The number of aromatic hydroxyl groups is 1. The molecule has 1 unspecified atom stereocenters. The van der Waals surface area contributed by atoms with Gasteiger partial charge in [0.25, 0.3) is 0 Å². The topological polar surface area (TPSA) is 76.4 Å². The zero-order valence-corrected chi connectivity index (χ0v) is 15.5. The van der Waals surface area contributed by atoms with Crippen LogP contribution in [0.15, 0.2) is 53.1 Å². The third kappa shape index (κ3) is 2.84. The number of aromatic nitrogens is 2. The SMILES string of the molecule is COc1ccc(C2CC(=O)Nc3c2cnn3-c2ccc(Br)cc2)cc1O. The van der Waals surface area contributed by atoms with Gasteiger partial charge in [-0.25, -0.2) is 4.68 Å². The van der Waals surface area contributed by atoms with Crippen LogP contribution in [0.4, 0.5) is 5.82 Å². The predicted octanol–water partition coefficient (Wildman–Crippen LogP) is 3.82. The highest BCUT2D eigenvalue weighted by Gasteiger charge is 2.30. The molecule has 4 rings (SSSR count). The fourth-order valence-electron chi connectivity index (χ4n) is 3.22. The molecule has 0 fully saturated rings. The van der Waals surface area contributed by atoms with Crippen LogP contribution in [-0.2, 0) is 4.79 Å². The summed E-state index contributed by atoms with van der Waals surface area (Å²) in [6.07, 6.45) is 2.06. The van der Waals surface area contributed by atoms with Crippen molar-refractivity contribution in [2.75, 3.05) is 12.4 Å². The van der Waals surface area contributed by atoms with Crippen molar-refractivity contribution in [3.8, 4) is 17.2 Å². The first-order valence-electron chi connectivity index (χ1n) is 8.07. The summed E-state index contributed by atoms with van der Waals surface area (Å²) in [6, 6.07) is 12.9. The second-order valence-corrected chi connectivity index (χ2v) is 6.99. The van der Waals surface area contributed by atoms with E-state index in [0.29, 0.717) is 18.0 Å². The lowest BCUT2D eigenvalue weighted by Crippen LogP contribution is -2.24. The minimum absolute atomic E-state index is 0.0535. The van der Waals surface area contributed by atoms with Crippen LogP contribution in [0.5, 0.6) is 11.5 Å². The number of phenols is 1. The smallest absolute Gasteiger partial charge is 0.226 e. The van der Waals surface area contributed by atoms with Gasteiger partial charge in [0.15, 0.2) is 11.5 Å². The van der Waals surface area contributed by atoms with Crippen LogP contribution in [0.3, 0.4) is 0 Å². The molecule has 7 heteroatoms. The molecule has 0 saturated heterocycles. The monoisotopic (exact) mass is 413 g/mol. The van der Waals surface area contributed by atoms with Crippen molar-refractivity contribution in [2.24, 2.45) is 0 Å². The summed E-state index contributed by atoms with van der Waals surface area (Å²) < 4.78 is 7.79. The molecule has 2 N–H and O–H groups in total. The molecule has 0 bridgehead atoms. The maximum absolute atomic E-state index is 12.3. The van der Waals surface area contributed by atoms with Crippen LogP contribution < -0.4 is 10.1 Å². The number of amides is 1. The number of carbonyl (C=O) groups excluding carboxylic acids is 1. The van der Waals surface area contributed by atoms with Crippen molar-refractivity contribution in [3.63, 3.8) is 0 Å². The van der Waals surface area contributed by atoms with Gasteiger partial charge >= 0.3 is 0 Å². The van der Waals surface area contributed by atoms with E-state index >= 15 is 0 Å². The van der Waals surface area contributed by atoms with Gasteiger partial charge in [-0.1, -0.05) is 22.0 Å². The molecular formula is C19H16BrN3O3. The third-order valence-corrected chi connectivity index (χ3v) is 5.03. The number of nitrogens with zero attached hydrogens (tertiary/aromatic N) is 2. The fourth-order valence-corrected chi connectivity index (χ4v) is 3.48. The molecule has 0 radical (unpaired) electrons. The van der Waals surface area contributed by atoms with E-state index < -0.39 is 0 Å². The summed E-state index contributed by atoms with van der Waals surface area (Å²) >= 11 is 3.42. The Balaban J connectivity index is 1.78. The second-order valence-electron chi connectivity index (χ2n) is 6.07. The molecular weight excluding hydrogens is 398 g/mol. The molecule has 1 aliphatic heterocycles. The maximum atomic E-state index is 12.3. The number of fused-ring (bicyclic) bond motifs is 1. The first-order valence-corrected chi connectivity index (χ1v) is 8.86. The molecule has 3 aromatic rings. The van der Waals surface area contributed by atoms with Crippen LogP contribution in [0.2, 0.25) is 0 Å². The van der Waals surface area contributed by atoms with Crippen molar-refractivity contribution in [1.82, 2.24) is 9.78 Å². The van der Waals surface area contributed by atoms with Gasteiger partial charge in [0.1, 0.15) is 5.82 Å². The molecule has 0 spiro atoms. The fraction of sp³-hybridized carbons (Fsp3) is 0.158. The van der Waals surface area contributed by atoms with Crippen LogP contribution in [0.1, 0.15) is 23.5 Å². The number of methoxy groups -OCH3 is 1. The van der Waals surface area contributed by atoms with E-state index in [4.69, 9.17) is 4.74 Å². The van der Waals surface area contributed by atoms with E-state index in [0.717, 1.165) is 21.3 Å². The number of halogens is 1. The van der Waals surface area contributed by atoms with Crippen LogP contribution in [0.25, 0.3) is 5.69 Å². The van der Waals surface area contributed by atoms with E-state index in [2.05, 4.69) is 26.3 Å². The Morgan fingerprint density at radius 2 is 2.04 bits per heavy atom.